The van der Waals surface area contributed by atoms with Crippen LogP contribution in [0.4, 0.5) is 5.82 Å². The van der Waals surface area contributed by atoms with Gasteiger partial charge in [0.25, 0.3) is 0 Å². The molecule has 1 aliphatic rings. The van der Waals surface area contributed by atoms with E-state index in [1.807, 2.05) is 60.7 Å². The molecule has 35 heavy (non-hydrogen) atoms. The van der Waals surface area contributed by atoms with Gasteiger partial charge in [0.1, 0.15) is 5.82 Å². The maximum absolute atomic E-state index is 12.8. The molecule has 3 heterocycles. The van der Waals surface area contributed by atoms with E-state index in [2.05, 4.69) is 26.3 Å². The number of piperidine rings is 1. The van der Waals surface area contributed by atoms with Gasteiger partial charge in [-0.15, -0.1) is 0 Å². The average Bonchev–Trinajstić information content (AvgIpc) is 3.25. The zero-order valence-corrected chi connectivity index (χ0v) is 21.8. The summed E-state index contributed by atoms with van der Waals surface area (Å²) in [4.78, 5) is 4.74. The molecule has 180 valence electrons. The molecule has 0 radical (unpaired) electrons. The molecular weight excluding hydrogens is 550 g/mol. The van der Waals surface area contributed by atoms with Crippen LogP contribution in [0.25, 0.3) is 23.0 Å². The number of nitrogens with zero attached hydrogens (tertiary/aromatic N) is 4. The van der Waals surface area contributed by atoms with Gasteiger partial charge in [-0.25, -0.2) is 13.4 Å². The number of benzene rings is 2. The quantitative estimate of drug-likeness (QED) is 0.321. The zero-order valence-electron chi connectivity index (χ0n) is 18.7. The van der Waals surface area contributed by atoms with E-state index in [1.54, 1.807) is 16.8 Å². The second-order valence-electron chi connectivity index (χ2n) is 8.31. The van der Waals surface area contributed by atoms with E-state index in [0.717, 1.165) is 27.1 Å². The minimum atomic E-state index is -3.48. The Morgan fingerprint density at radius 1 is 1.06 bits per heavy atom. The van der Waals surface area contributed by atoms with Gasteiger partial charge < -0.3 is 5.32 Å². The van der Waals surface area contributed by atoms with Crippen molar-refractivity contribution in [3.8, 4) is 11.3 Å². The van der Waals surface area contributed by atoms with Crippen LogP contribution in [-0.4, -0.2) is 46.5 Å². The molecule has 0 bridgehead atoms. The molecule has 1 N–H and O–H groups in total. The Morgan fingerprint density at radius 2 is 1.77 bits per heavy atom. The summed E-state index contributed by atoms with van der Waals surface area (Å²) >= 11 is 9.96. The minimum absolute atomic E-state index is 0.0900. The standard InChI is InChI=1S/C25H23BrClN5O2S/c26-21-17-28-32-24(16-23(30-25(21)32)20-8-4-5-9-22(20)27)29-19-10-13-31(14-11-19)35(33,34)15-12-18-6-2-1-3-7-18/h1-9,12,15-17,19,29H,10-11,13-14H2. The van der Waals surface area contributed by atoms with Gasteiger partial charge in [0.15, 0.2) is 5.65 Å². The van der Waals surface area contributed by atoms with Crippen molar-refractivity contribution in [2.75, 3.05) is 18.4 Å². The van der Waals surface area contributed by atoms with Crippen LogP contribution in [0.5, 0.6) is 0 Å². The lowest BCUT2D eigenvalue weighted by molar-refractivity contribution is 0.332. The average molecular weight is 573 g/mol. The third-order valence-electron chi connectivity index (χ3n) is 5.98. The predicted octanol–water partition coefficient (Wildman–Crippen LogP) is 5.69. The number of sulfonamides is 1. The third-order valence-corrected chi connectivity index (χ3v) is 8.43. The fourth-order valence-electron chi connectivity index (χ4n) is 4.12. The Morgan fingerprint density at radius 3 is 2.51 bits per heavy atom. The van der Waals surface area contributed by atoms with Gasteiger partial charge >= 0.3 is 0 Å². The number of rotatable bonds is 6. The van der Waals surface area contributed by atoms with Gasteiger partial charge in [-0.05, 0) is 46.5 Å². The summed E-state index contributed by atoms with van der Waals surface area (Å²) in [6.07, 6.45) is 4.69. The van der Waals surface area contributed by atoms with E-state index >= 15 is 0 Å². The second-order valence-corrected chi connectivity index (χ2v) is 11.4. The lowest BCUT2D eigenvalue weighted by Gasteiger charge is -2.31. The van der Waals surface area contributed by atoms with Crippen LogP contribution in [0, 0.1) is 0 Å². The Labute approximate surface area is 217 Å². The van der Waals surface area contributed by atoms with Crippen molar-refractivity contribution in [1.29, 1.82) is 0 Å². The van der Waals surface area contributed by atoms with Gasteiger partial charge in [-0.2, -0.15) is 13.9 Å². The van der Waals surface area contributed by atoms with Crippen molar-refractivity contribution >= 4 is 55.1 Å². The molecule has 2 aromatic carbocycles. The topological polar surface area (TPSA) is 79.6 Å². The highest BCUT2D eigenvalue weighted by Crippen LogP contribution is 2.31. The van der Waals surface area contributed by atoms with Crippen molar-refractivity contribution in [3.05, 3.63) is 87.3 Å². The first-order valence-corrected chi connectivity index (χ1v) is 13.9. The monoisotopic (exact) mass is 571 g/mol. The van der Waals surface area contributed by atoms with E-state index in [-0.39, 0.29) is 6.04 Å². The van der Waals surface area contributed by atoms with Gasteiger partial charge in [-0.1, -0.05) is 60.1 Å². The van der Waals surface area contributed by atoms with Crippen molar-refractivity contribution in [2.45, 2.75) is 18.9 Å². The number of fused-ring (bicyclic) bond motifs is 1. The molecule has 0 spiro atoms. The summed E-state index contributed by atoms with van der Waals surface area (Å²) in [7, 11) is -3.48. The molecule has 4 aromatic rings. The molecule has 2 aromatic heterocycles. The van der Waals surface area contributed by atoms with Crippen LogP contribution in [-0.2, 0) is 10.0 Å². The summed E-state index contributed by atoms with van der Waals surface area (Å²) in [5.74, 6) is 0.779. The maximum Gasteiger partial charge on any atom is 0.236 e. The minimum Gasteiger partial charge on any atom is -0.367 e. The molecule has 0 amide bonds. The van der Waals surface area contributed by atoms with Crippen LogP contribution >= 0.6 is 27.5 Å². The molecule has 1 aliphatic heterocycles. The van der Waals surface area contributed by atoms with Crippen LogP contribution in [0.1, 0.15) is 18.4 Å². The Bertz CT molecular complexity index is 1480. The van der Waals surface area contributed by atoms with Crippen molar-refractivity contribution in [1.82, 2.24) is 18.9 Å². The van der Waals surface area contributed by atoms with E-state index in [9.17, 15) is 8.42 Å². The van der Waals surface area contributed by atoms with Crippen LogP contribution in [0.15, 0.2) is 76.7 Å². The first-order valence-electron chi connectivity index (χ1n) is 11.2. The van der Waals surface area contributed by atoms with E-state index in [1.165, 1.54) is 9.71 Å². The normalized spacial score (nSPS) is 15.7. The first kappa shape index (κ1) is 24.0. The fraction of sp³-hybridized carbons (Fsp3) is 0.200. The number of hydrogen-bond donors (Lipinski definition) is 1. The summed E-state index contributed by atoms with van der Waals surface area (Å²) in [6, 6.07) is 19.0. The van der Waals surface area contributed by atoms with Gasteiger partial charge in [0, 0.05) is 41.2 Å². The van der Waals surface area contributed by atoms with E-state index in [4.69, 9.17) is 16.6 Å². The molecule has 1 fully saturated rings. The molecule has 5 rings (SSSR count). The lowest BCUT2D eigenvalue weighted by atomic mass is 10.1. The summed E-state index contributed by atoms with van der Waals surface area (Å²) in [6.45, 7) is 0.876. The van der Waals surface area contributed by atoms with Crippen molar-refractivity contribution < 1.29 is 8.42 Å². The molecule has 0 saturated carbocycles. The van der Waals surface area contributed by atoms with Gasteiger partial charge in [-0.3, -0.25) is 0 Å². The highest BCUT2D eigenvalue weighted by Gasteiger charge is 2.27. The lowest BCUT2D eigenvalue weighted by Crippen LogP contribution is -2.41. The SMILES string of the molecule is O=S(=O)(C=Cc1ccccc1)N1CCC(Nc2cc(-c3ccccc3Cl)nc3c(Br)cnn23)CC1. The van der Waals surface area contributed by atoms with Crippen LogP contribution in [0.2, 0.25) is 5.02 Å². The van der Waals surface area contributed by atoms with Crippen molar-refractivity contribution in [3.63, 3.8) is 0 Å². The molecule has 1 saturated heterocycles. The summed E-state index contributed by atoms with van der Waals surface area (Å²) < 4.78 is 29.7. The van der Waals surface area contributed by atoms with Gasteiger partial charge in [0.2, 0.25) is 10.0 Å². The van der Waals surface area contributed by atoms with E-state index in [0.29, 0.717) is 36.6 Å². The van der Waals surface area contributed by atoms with E-state index < -0.39 is 10.0 Å². The molecule has 0 aliphatic carbocycles. The number of nitrogens with one attached hydrogen (secondary N) is 1. The summed E-state index contributed by atoms with van der Waals surface area (Å²) in [5, 5.41) is 9.91. The smallest absolute Gasteiger partial charge is 0.236 e. The highest BCUT2D eigenvalue weighted by molar-refractivity contribution is 9.10. The molecule has 10 heteroatoms. The highest BCUT2D eigenvalue weighted by atomic mass is 79.9. The third kappa shape index (κ3) is 5.28. The Balaban J connectivity index is 1.33. The summed E-state index contributed by atoms with van der Waals surface area (Å²) in [5.41, 5.74) is 3.10. The number of aromatic nitrogens is 3. The van der Waals surface area contributed by atoms with Crippen LogP contribution < -0.4 is 5.32 Å². The molecule has 0 atom stereocenters. The largest absolute Gasteiger partial charge is 0.367 e. The Kier molecular flexibility index (Phi) is 6.93. The maximum atomic E-state index is 12.8. The molecule has 7 nitrogen and oxygen atoms in total. The molecular formula is C25H23BrClN5O2S. The number of anilines is 1. The number of halogens is 2. The second kappa shape index (κ2) is 10.1. The first-order chi connectivity index (χ1) is 16.9. The van der Waals surface area contributed by atoms with Crippen molar-refractivity contribution in [2.24, 2.45) is 0 Å². The molecule has 0 unspecified atom stereocenters. The fourth-order valence-corrected chi connectivity index (χ4v) is 5.93. The zero-order chi connectivity index (χ0) is 24.4. The predicted molar refractivity (Wildman–Crippen MR) is 144 cm³/mol. The Hall–Kier alpha value is -2.72. The van der Waals surface area contributed by atoms with Gasteiger partial charge in [0.05, 0.1) is 16.4 Å². The number of hydrogen-bond acceptors (Lipinski definition) is 5. The van der Waals surface area contributed by atoms with Crippen LogP contribution in [0.3, 0.4) is 0 Å².